The topological polar surface area (TPSA) is 60.4 Å². The van der Waals surface area contributed by atoms with E-state index in [1.807, 2.05) is 0 Å². The number of hydrogen-bond donors (Lipinski definition) is 0. The van der Waals surface area contributed by atoms with Crippen LogP contribution in [0.3, 0.4) is 0 Å². The lowest BCUT2D eigenvalue weighted by molar-refractivity contribution is -0.115. The monoisotopic (exact) mass is 414 g/mol. The molecule has 0 aromatic carbocycles. The average molecular weight is 415 g/mol. The third-order valence-corrected chi connectivity index (χ3v) is 5.42. The first-order chi connectivity index (χ1) is 13.4. The van der Waals surface area contributed by atoms with E-state index in [0.717, 1.165) is 70.5 Å². The zero-order valence-electron chi connectivity index (χ0n) is 18.3. The smallest absolute Gasteiger partial charge is 0.265 e. The van der Waals surface area contributed by atoms with Crippen LogP contribution in [0.4, 0.5) is 0 Å². The van der Waals surface area contributed by atoms with Gasteiger partial charge in [-0.1, -0.05) is 83.1 Å². The predicted molar refractivity (Wildman–Crippen MR) is 119 cm³/mol. The summed E-state index contributed by atoms with van der Waals surface area (Å²) in [5.41, 5.74) is 0. The van der Waals surface area contributed by atoms with Crippen LogP contribution in [-0.2, 0) is 19.1 Å². The van der Waals surface area contributed by atoms with Gasteiger partial charge in [0.25, 0.3) is 10.1 Å². The van der Waals surface area contributed by atoms with E-state index >= 15 is 0 Å². The molecule has 2 atom stereocenters. The van der Waals surface area contributed by atoms with Gasteiger partial charge in [0.15, 0.2) is 6.29 Å². The Morgan fingerprint density at radius 3 is 2.00 bits per heavy atom. The van der Waals surface area contributed by atoms with Gasteiger partial charge < -0.3 is 4.79 Å². The summed E-state index contributed by atoms with van der Waals surface area (Å²) in [6.07, 6.45) is 23.5. The zero-order chi connectivity index (χ0) is 21.1. The molecular formula is C23H42O4S. The molecule has 0 bridgehead atoms. The quantitative estimate of drug-likeness (QED) is 0.107. The summed E-state index contributed by atoms with van der Waals surface area (Å²) in [6, 6.07) is 0. The SMILES string of the molecule is CC/C=C/C/C=C/CCCCCC(CCCCCCC)C(C=O)OS(C)(=O)=O. The predicted octanol–water partition coefficient (Wildman–Crippen LogP) is 6.37. The number of allylic oxidation sites excluding steroid dienone is 4. The third-order valence-electron chi connectivity index (χ3n) is 4.85. The molecule has 0 aromatic heterocycles. The summed E-state index contributed by atoms with van der Waals surface area (Å²) in [4.78, 5) is 11.4. The van der Waals surface area contributed by atoms with Crippen LogP contribution in [0, 0.1) is 5.92 Å². The molecule has 2 unspecified atom stereocenters. The van der Waals surface area contributed by atoms with E-state index in [0.29, 0.717) is 6.29 Å². The fourth-order valence-corrected chi connectivity index (χ4v) is 3.90. The number of unbranched alkanes of at least 4 members (excludes halogenated alkanes) is 7. The summed E-state index contributed by atoms with van der Waals surface area (Å²) in [5, 5.41) is 0. The molecule has 0 aliphatic heterocycles. The summed E-state index contributed by atoms with van der Waals surface area (Å²) >= 11 is 0. The van der Waals surface area contributed by atoms with Gasteiger partial charge in [-0.3, -0.25) is 4.18 Å². The Morgan fingerprint density at radius 1 is 0.821 bits per heavy atom. The van der Waals surface area contributed by atoms with Gasteiger partial charge in [-0.2, -0.15) is 8.42 Å². The Labute approximate surface area is 173 Å². The first kappa shape index (κ1) is 27.1. The Hall–Kier alpha value is -0.940. The van der Waals surface area contributed by atoms with Crippen molar-refractivity contribution in [2.45, 2.75) is 103 Å². The minimum atomic E-state index is -3.62. The normalized spacial score (nSPS) is 14.7. The highest BCUT2D eigenvalue weighted by atomic mass is 32.2. The molecular weight excluding hydrogens is 372 g/mol. The fourth-order valence-electron chi connectivity index (χ4n) is 3.30. The van der Waals surface area contributed by atoms with E-state index in [-0.39, 0.29) is 5.92 Å². The van der Waals surface area contributed by atoms with Crippen molar-refractivity contribution in [1.82, 2.24) is 0 Å². The first-order valence-electron chi connectivity index (χ1n) is 11.1. The van der Waals surface area contributed by atoms with Gasteiger partial charge in [0.05, 0.1) is 6.26 Å². The number of carbonyl (C=O) groups excluding carboxylic acids is 1. The van der Waals surface area contributed by atoms with Crippen molar-refractivity contribution in [3.8, 4) is 0 Å². The van der Waals surface area contributed by atoms with Crippen LogP contribution >= 0.6 is 0 Å². The summed E-state index contributed by atoms with van der Waals surface area (Å²) in [6.45, 7) is 4.32. The van der Waals surface area contributed by atoms with Crippen molar-refractivity contribution < 1.29 is 17.4 Å². The van der Waals surface area contributed by atoms with Gasteiger partial charge in [0.2, 0.25) is 0 Å². The van der Waals surface area contributed by atoms with Gasteiger partial charge in [0, 0.05) is 0 Å². The van der Waals surface area contributed by atoms with E-state index < -0.39 is 16.2 Å². The Balaban J connectivity index is 4.31. The highest BCUT2D eigenvalue weighted by molar-refractivity contribution is 7.86. The highest BCUT2D eigenvalue weighted by Gasteiger charge is 2.25. The maximum Gasteiger partial charge on any atom is 0.265 e. The number of aldehydes is 1. The van der Waals surface area contributed by atoms with Crippen molar-refractivity contribution in [3.05, 3.63) is 24.3 Å². The number of carbonyl (C=O) groups is 1. The van der Waals surface area contributed by atoms with Crippen molar-refractivity contribution in [1.29, 1.82) is 0 Å². The van der Waals surface area contributed by atoms with Crippen molar-refractivity contribution in [2.75, 3.05) is 6.26 Å². The molecule has 0 N–H and O–H groups in total. The van der Waals surface area contributed by atoms with Crippen LogP contribution in [0.15, 0.2) is 24.3 Å². The lowest BCUT2D eigenvalue weighted by Crippen LogP contribution is -2.28. The number of rotatable bonds is 19. The van der Waals surface area contributed by atoms with E-state index in [1.165, 1.54) is 19.3 Å². The second kappa shape index (κ2) is 18.1. The maximum atomic E-state index is 11.5. The highest BCUT2D eigenvalue weighted by Crippen LogP contribution is 2.24. The van der Waals surface area contributed by atoms with Gasteiger partial charge >= 0.3 is 0 Å². The lowest BCUT2D eigenvalue weighted by Gasteiger charge is -2.22. The van der Waals surface area contributed by atoms with Crippen LogP contribution in [-0.4, -0.2) is 27.1 Å². The third kappa shape index (κ3) is 17.2. The Kier molecular flexibility index (Phi) is 17.5. The Morgan fingerprint density at radius 2 is 1.43 bits per heavy atom. The van der Waals surface area contributed by atoms with Crippen LogP contribution in [0.5, 0.6) is 0 Å². The van der Waals surface area contributed by atoms with Gasteiger partial charge in [-0.05, 0) is 44.4 Å². The molecule has 0 saturated carbocycles. The molecule has 164 valence electrons. The zero-order valence-corrected chi connectivity index (χ0v) is 19.1. The molecule has 0 aromatic rings. The molecule has 4 nitrogen and oxygen atoms in total. The van der Waals surface area contributed by atoms with Crippen molar-refractivity contribution in [3.63, 3.8) is 0 Å². The molecule has 0 fully saturated rings. The molecule has 0 aliphatic carbocycles. The molecule has 5 heteroatoms. The van der Waals surface area contributed by atoms with Crippen LogP contribution in [0.25, 0.3) is 0 Å². The molecule has 0 amide bonds. The molecule has 0 aliphatic rings. The van der Waals surface area contributed by atoms with Crippen molar-refractivity contribution in [2.24, 2.45) is 5.92 Å². The fraction of sp³-hybridized carbons (Fsp3) is 0.783. The molecule has 28 heavy (non-hydrogen) atoms. The van der Waals surface area contributed by atoms with E-state index in [2.05, 4.69) is 38.2 Å². The first-order valence-corrected chi connectivity index (χ1v) is 12.9. The molecule has 0 rings (SSSR count). The Bertz CT molecular complexity index is 523. The molecule has 0 radical (unpaired) electrons. The minimum Gasteiger partial charge on any atom is -0.300 e. The van der Waals surface area contributed by atoms with Gasteiger partial charge in [-0.15, -0.1) is 0 Å². The molecule has 0 saturated heterocycles. The summed E-state index contributed by atoms with van der Waals surface area (Å²) in [5.74, 6) is -0.0106. The standard InChI is InChI=1S/C23H42O4S/c1-4-6-8-10-11-12-13-14-16-18-20-22(19-17-15-9-7-5-2)23(21-24)27-28(3,25)26/h6,8,11-12,21-23H,4-5,7,9-10,13-20H2,1-3H3/b8-6+,12-11+. The van der Waals surface area contributed by atoms with Gasteiger partial charge in [-0.25, -0.2) is 0 Å². The summed E-state index contributed by atoms with van der Waals surface area (Å²) in [7, 11) is -3.62. The second-order valence-corrected chi connectivity index (χ2v) is 9.19. The van der Waals surface area contributed by atoms with E-state index in [1.54, 1.807) is 0 Å². The van der Waals surface area contributed by atoms with Crippen LogP contribution in [0.1, 0.15) is 97.3 Å². The lowest BCUT2D eigenvalue weighted by atomic mass is 9.90. The number of hydrogen-bond acceptors (Lipinski definition) is 4. The minimum absolute atomic E-state index is 0.0106. The maximum absolute atomic E-state index is 11.5. The second-order valence-electron chi connectivity index (χ2n) is 7.59. The van der Waals surface area contributed by atoms with Crippen LogP contribution < -0.4 is 0 Å². The largest absolute Gasteiger partial charge is 0.300 e. The van der Waals surface area contributed by atoms with Crippen LogP contribution in [0.2, 0.25) is 0 Å². The van der Waals surface area contributed by atoms with Crippen molar-refractivity contribution >= 4 is 16.4 Å². The molecule has 0 spiro atoms. The summed E-state index contributed by atoms with van der Waals surface area (Å²) < 4.78 is 28.0. The average Bonchev–Trinajstić information content (AvgIpc) is 2.65. The van der Waals surface area contributed by atoms with E-state index in [4.69, 9.17) is 4.18 Å². The van der Waals surface area contributed by atoms with E-state index in [9.17, 15) is 13.2 Å². The molecule has 0 heterocycles. The van der Waals surface area contributed by atoms with Gasteiger partial charge in [0.1, 0.15) is 6.10 Å².